The summed E-state index contributed by atoms with van der Waals surface area (Å²) in [5.41, 5.74) is 11.8. The van der Waals surface area contributed by atoms with Gasteiger partial charge in [-0.05, 0) is 17.6 Å². The van der Waals surface area contributed by atoms with Crippen LogP contribution in [-0.4, -0.2) is 19.5 Å². The van der Waals surface area contributed by atoms with E-state index >= 15 is 0 Å². The predicted octanol–water partition coefficient (Wildman–Crippen LogP) is 0.138. The summed E-state index contributed by atoms with van der Waals surface area (Å²) in [6, 6.07) is 2.90. The molecule has 0 aliphatic heterocycles. The van der Waals surface area contributed by atoms with Crippen molar-refractivity contribution in [1.82, 2.24) is 0 Å². The van der Waals surface area contributed by atoms with Gasteiger partial charge in [-0.3, -0.25) is 4.55 Å². The van der Waals surface area contributed by atoms with E-state index in [2.05, 4.69) is 22.6 Å². The summed E-state index contributed by atoms with van der Waals surface area (Å²) < 4.78 is 34.7. The van der Waals surface area contributed by atoms with E-state index in [1.807, 2.05) is 6.08 Å². The van der Waals surface area contributed by atoms with Crippen molar-refractivity contribution in [2.24, 2.45) is 0 Å². The summed E-state index contributed by atoms with van der Waals surface area (Å²) in [7, 11) is -4.69. The summed E-state index contributed by atoms with van der Waals surface area (Å²) in [6.45, 7) is 2.73. The molecule has 0 aliphatic carbocycles. The molecule has 0 amide bonds. The summed E-state index contributed by atoms with van der Waals surface area (Å²) >= 11 is 0. The molecule has 0 aromatic carbocycles. The van der Waals surface area contributed by atoms with Crippen LogP contribution in [0.3, 0.4) is 0 Å². The second-order valence-electron chi connectivity index (χ2n) is 3.99. The summed E-state index contributed by atoms with van der Waals surface area (Å²) in [4.78, 5) is 0. The van der Waals surface area contributed by atoms with Gasteiger partial charge in [-0.2, -0.15) is 8.42 Å². The molecule has 0 saturated carbocycles. The molecular formula is C11H19N4O4S+. The van der Waals surface area contributed by atoms with Crippen molar-refractivity contribution >= 4 is 27.7 Å². The third-order valence-electron chi connectivity index (χ3n) is 2.29. The van der Waals surface area contributed by atoms with E-state index in [1.54, 1.807) is 0 Å². The average Bonchev–Trinajstić information content (AvgIpc) is 2.32. The Hall–Kier alpha value is -2.00. The Balaban J connectivity index is 2.75. The first-order valence-electron chi connectivity index (χ1n) is 6.00. The predicted molar refractivity (Wildman–Crippen MR) is 76.1 cm³/mol. The van der Waals surface area contributed by atoms with Crippen LogP contribution in [0.15, 0.2) is 24.3 Å². The number of pyridine rings is 1. The lowest BCUT2D eigenvalue weighted by molar-refractivity contribution is -0.833. The molecule has 0 atom stereocenters. The first kappa shape index (κ1) is 16.1. The van der Waals surface area contributed by atoms with Gasteiger partial charge in [0.2, 0.25) is 0 Å². The van der Waals surface area contributed by atoms with Gasteiger partial charge in [0.15, 0.2) is 0 Å². The molecule has 1 aromatic rings. The van der Waals surface area contributed by atoms with E-state index in [4.69, 9.17) is 16.0 Å². The van der Waals surface area contributed by atoms with Crippen LogP contribution in [0.25, 0.3) is 0 Å². The van der Waals surface area contributed by atoms with Crippen molar-refractivity contribution < 1.29 is 22.0 Å². The molecule has 0 aliphatic rings. The number of nitrogens with zero attached hydrogens (tertiary/aromatic N) is 1. The largest absolute Gasteiger partial charge is 0.476 e. The Morgan fingerprint density at radius 1 is 1.35 bits per heavy atom. The lowest BCUT2D eigenvalue weighted by atomic mass is 10.3. The second-order valence-corrected chi connectivity index (χ2v) is 4.99. The molecule has 0 saturated heterocycles. The van der Waals surface area contributed by atoms with E-state index in [0.29, 0.717) is 17.0 Å². The molecule has 112 valence electrons. The lowest BCUT2D eigenvalue weighted by Gasteiger charge is -2.09. The Bertz CT molecular complexity index is 563. The van der Waals surface area contributed by atoms with Crippen molar-refractivity contribution in [3.63, 3.8) is 0 Å². The number of nitrogens with one attached hydrogen (secondary N) is 1. The van der Waals surface area contributed by atoms with E-state index in [1.165, 1.54) is 12.1 Å². The standard InChI is InChI=1S/C11H18N4O4S/c1-2-3-4-5-6-14-9-7-10(12)15(11(13)8-9)19-20(16,17)18/h3-4,7-8H,2,5-6H2,1H3,(H5,12,13,14,16,17,18)/p+1/b4-3+. The summed E-state index contributed by atoms with van der Waals surface area (Å²) in [5.74, 6) is -0.122. The van der Waals surface area contributed by atoms with Gasteiger partial charge >= 0.3 is 10.4 Å². The van der Waals surface area contributed by atoms with Crippen molar-refractivity contribution in [3.8, 4) is 0 Å². The van der Waals surface area contributed by atoms with Gasteiger partial charge in [0.1, 0.15) is 0 Å². The molecule has 1 rings (SSSR count). The maximum absolute atomic E-state index is 10.6. The molecular weight excluding hydrogens is 284 g/mol. The maximum atomic E-state index is 10.6. The van der Waals surface area contributed by atoms with Gasteiger partial charge in [0.25, 0.3) is 11.6 Å². The van der Waals surface area contributed by atoms with Crippen molar-refractivity contribution in [2.45, 2.75) is 19.8 Å². The molecule has 0 fully saturated rings. The zero-order valence-corrected chi connectivity index (χ0v) is 11.9. The van der Waals surface area contributed by atoms with Gasteiger partial charge in [-0.15, -0.1) is 0 Å². The highest BCUT2D eigenvalue weighted by Gasteiger charge is 2.18. The zero-order valence-electron chi connectivity index (χ0n) is 11.1. The highest BCUT2D eigenvalue weighted by atomic mass is 32.3. The van der Waals surface area contributed by atoms with Crippen LogP contribution in [0.5, 0.6) is 0 Å². The van der Waals surface area contributed by atoms with Crippen molar-refractivity contribution in [3.05, 3.63) is 24.3 Å². The fraction of sp³-hybridized carbons (Fsp3) is 0.364. The lowest BCUT2D eigenvalue weighted by Crippen LogP contribution is -2.49. The molecule has 0 radical (unpaired) electrons. The fourth-order valence-electron chi connectivity index (χ4n) is 1.49. The number of nitrogens with two attached hydrogens (primary N) is 2. The minimum atomic E-state index is -4.69. The molecule has 0 bridgehead atoms. The highest BCUT2D eigenvalue weighted by Crippen LogP contribution is 2.12. The van der Waals surface area contributed by atoms with Gasteiger partial charge < -0.3 is 16.8 Å². The van der Waals surface area contributed by atoms with Gasteiger partial charge in [-0.25, -0.2) is 4.28 Å². The average molecular weight is 303 g/mol. The van der Waals surface area contributed by atoms with Crippen LogP contribution in [-0.2, 0) is 10.4 Å². The molecule has 6 N–H and O–H groups in total. The Kier molecular flexibility index (Phi) is 5.59. The molecule has 1 heterocycles. The number of anilines is 3. The zero-order chi connectivity index (χ0) is 15.2. The van der Waals surface area contributed by atoms with Crippen molar-refractivity contribution in [1.29, 1.82) is 0 Å². The van der Waals surface area contributed by atoms with Gasteiger partial charge in [-0.1, -0.05) is 19.1 Å². The second kappa shape index (κ2) is 6.96. The summed E-state index contributed by atoms with van der Waals surface area (Å²) in [5, 5.41) is 3.08. The van der Waals surface area contributed by atoms with E-state index < -0.39 is 10.4 Å². The topological polar surface area (TPSA) is 132 Å². The summed E-state index contributed by atoms with van der Waals surface area (Å²) in [6.07, 6.45) is 5.93. The molecule has 1 aromatic heterocycles. The number of aromatic nitrogens is 1. The van der Waals surface area contributed by atoms with Gasteiger partial charge in [0, 0.05) is 24.4 Å². The van der Waals surface area contributed by atoms with Gasteiger partial charge in [0.05, 0.1) is 0 Å². The highest BCUT2D eigenvalue weighted by molar-refractivity contribution is 7.80. The Morgan fingerprint density at radius 3 is 2.45 bits per heavy atom. The quantitative estimate of drug-likeness (QED) is 0.244. The van der Waals surface area contributed by atoms with Crippen LogP contribution < -0.4 is 25.8 Å². The molecule has 20 heavy (non-hydrogen) atoms. The SMILES string of the molecule is CC/C=C/CCNc1cc(N)[n+](OS(=O)(=O)O)c(N)c1. The normalized spacial score (nSPS) is 11.7. The minimum absolute atomic E-state index is 0.0609. The number of allylic oxidation sites excluding steroid dienone is 1. The third kappa shape index (κ3) is 5.33. The molecule has 9 heteroatoms. The first-order valence-corrected chi connectivity index (χ1v) is 7.37. The van der Waals surface area contributed by atoms with Crippen molar-refractivity contribution in [2.75, 3.05) is 23.3 Å². The maximum Gasteiger partial charge on any atom is 0.476 e. The first-order chi connectivity index (χ1) is 9.33. The Labute approximate surface area is 117 Å². The van der Waals surface area contributed by atoms with E-state index in [-0.39, 0.29) is 11.6 Å². The molecule has 8 nitrogen and oxygen atoms in total. The monoisotopic (exact) mass is 303 g/mol. The molecule has 0 unspecified atom stereocenters. The third-order valence-corrected chi connectivity index (χ3v) is 2.62. The van der Waals surface area contributed by atoms with Crippen LogP contribution in [0, 0.1) is 0 Å². The number of nitrogen functional groups attached to an aromatic ring is 2. The minimum Gasteiger partial charge on any atom is -0.384 e. The fourth-order valence-corrected chi connectivity index (χ4v) is 1.85. The van der Waals surface area contributed by atoms with E-state index in [0.717, 1.165) is 12.8 Å². The smallest absolute Gasteiger partial charge is 0.384 e. The van der Waals surface area contributed by atoms with Crippen LogP contribution in [0.1, 0.15) is 19.8 Å². The van der Waals surface area contributed by atoms with E-state index in [9.17, 15) is 8.42 Å². The van der Waals surface area contributed by atoms with Crippen LogP contribution in [0.4, 0.5) is 17.3 Å². The number of hydrogen-bond acceptors (Lipinski definition) is 6. The molecule has 0 spiro atoms. The number of rotatable bonds is 7. The van der Waals surface area contributed by atoms with Crippen LogP contribution >= 0.6 is 0 Å². The number of hydrogen-bond donors (Lipinski definition) is 4. The Morgan fingerprint density at radius 2 is 1.95 bits per heavy atom. The van der Waals surface area contributed by atoms with Crippen LogP contribution in [0.2, 0.25) is 0 Å².